The number of nitrogens with one attached hydrogen (secondary N) is 1. The highest BCUT2D eigenvalue weighted by atomic mass is 15.2. The lowest BCUT2D eigenvalue weighted by molar-refractivity contribution is 0.106. The summed E-state index contributed by atoms with van der Waals surface area (Å²) in [5.74, 6) is 1.94. The van der Waals surface area contributed by atoms with E-state index in [-0.39, 0.29) is 0 Å². The molecule has 2 unspecified atom stereocenters. The zero-order chi connectivity index (χ0) is 13.0. The van der Waals surface area contributed by atoms with Gasteiger partial charge in [-0.15, -0.1) is 0 Å². The minimum atomic E-state index is 0.708. The molecule has 0 spiro atoms. The highest BCUT2D eigenvalue weighted by Gasteiger charge is 2.29. The second kappa shape index (κ2) is 6.91. The molecule has 2 heteroatoms. The van der Waals surface area contributed by atoms with Crippen LogP contribution in [0.3, 0.4) is 0 Å². The van der Waals surface area contributed by atoms with E-state index < -0.39 is 0 Å². The van der Waals surface area contributed by atoms with Gasteiger partial charge in [0.05, 0.1) is 0 Å². The van der Waals surface area contributed by atoms with Gasteiger partial charge in [0, 0.05) is 25.2 Å². The van der Waals surface area contributed by atoms with Gasteiger partial charge >= 0.3 is 0 Å². The van der Waals surface area contributed by atoms with Crippen molar-refractivity contribution in [2.24, 2.45) is 11.8 Å². The fourth-order valence-electron chi connectivity index (χ4n) is 3.17. The van der Waals surface area contributed by atoms with Gasteiger partial charge in [0.2, 0.25) is 0 Å². The third kappa shape index (κ3) is 4.55. The summed E-state index contributed by atoms with van der Waals surface area (Å²) < 4.78 is 0. The first-order chi connectivity index (χ1) is 8.69. The number of hydrogen-bond donors (Lipinski definition) is 1. The zero-order valence-corrected chi connectivity index (χ0v) is 12.6. The second-order valence-corrected chi connectivity index (χ2v) is 6.84. The summed E-state index contributed by atoms with van der Waals surface area (Å²) in [5, 5.41) is 3.83. The first-order valence-corrected chi connectivity index (χ1v) is 8.16. The van der Waals surface area contributed by atoms with Crippen molar-refractivity contribution in [1.82, 2.24) is 10.2 Å². The quantitative estimate of drug-likeness (QED) is 0.748. The van der Waals surface area contributed by atoms with Crippen LogP contribution in [-0.4, -0.2) is 36.6 Å². The smallest absolute Gasteiger partial charge is 0.0198 e. The third-order valence-electron chi connectivity index (χ3n) is 4.65. The molecule has 18 heavy (non-hydrogen) atoms. The summed E-state index contributed by atoms with van der Waals surface area (Å²) >= 11 is 0. The molecule has 2 aliphatic rings. The van der Waals surface area contributed by atoms with Crippen LogP contribution < -0.4 is 5.32 Å². The molecule has 0 bridgehead atoms. The van der Waals surface area contributed by atoms with E-state index in [1.165, 1.54) is 58.2 Å². The van der Waals surface area contributed by atoms with Crippen LogP contribution in [0.25, 0.3) is 0 Å². The fraction of sp³-hybridized carbons (Fsp3) is 1.00. The Hall–Kier alpha value is -0.0800. The molecule has 1 saturated carbocycles. The molecule has 2 atom stereocenters. The monoisotopic (exact) mass is 252 g/mol. The zero-order valence-electron chi connectivity index (χ0n) is 12.6. The maximum absolute atomic E-state index is 3.83. The van der Waals surface area contributed by atoms with Gasteiger partial charge in [-0.25, -0.2) is 0 Å². The van der Waals surface area contributed by atoms with Crippen molar-refractivity contribution in [2.75, 3.05) is 19.6 Å². The van der Waals surface area contributed by atoms with E-state index >= 15 is 0 Å². The lowest BCUT2D eigenvalue weighted by Gasteiger charge is -2.40. The molecular weight excluding hydrogens is 220 g/mol. The van der Waals surface area contributed by atoms with Crippen LogP contribution in [0.15, 0.2) is 0 Å². The number of hydrogen-bond acceptors (Lipinski definition) is 2. The van der Waals surface area contributed by atoms with E-state index in [9.17, 15) is 0 Å². The van der Waals surface area contributed by atoms with E-state index in [1.54, 1.807) is 0 Å². The molecule has 0 radical (unpaired) electrons. The first-order valence-electron chi connectivity index (χ1n) is 8.16. The molecule has 106 valence electrons. The van der Waals surface area contributed by atoms with Gasteiger partial charge in [-0.2, -0.15) is 0 Å². The van der Waals surface area contributed by atoms with Crippen LogP contribution in [0.2, 0.25) is 0 Å². The SMILES string of the molecule is CCCCC1CC(NCC2CC2)CN(C(C)C)C1. The van der Waals surface area contributed by atoms with Crippen LogP contribution >= 0.6 is 0 Å². The average Bonchev–Trinajstić information content (AvgIpc) is 3.17. The maximum Gasteiger partial charge on any atom is 0.0198 e. The van der Waals surface area contributed by atoms with E-state index in [2.05, 4.69) is 31.0 Å². The van der Waals surface area contributed by atoms with Crippen LogP contribution in [0.4, 0.5) is 0 Å². The summed E-state index contributed by atoms with van der Waals surface area (Å²) in [4.78, 5) is 2.69. The number of piperidine rings is 1. The highest BCUT2D eigenvalue weighted by Crippen LogP contribution is 2.29. The number of unbranched alkanes of at least 4 members (excludes halogenated alkanes) is 1. The number of nitrogens with zero attached hydrogens (tertiary/aromatic N) is 1. The summed E-state index contributed by atoms with van der Waals surface area (Å²) in [6.07, 6.45) is 8.53. The predicted octanol–water partition coefficient (Wildman–Crippen LogP) is 3.28. The highest BCUT2D eigenvalue weighted by molar-refractivity contribution is 4.86. The van der Waals surface area contributed by atoms with E-state index in [0.29, 0.717) is 6.04 Å². The Morgan fingerprint density at radius 3 is 2.56 bits per heavy atom. The average molecular weight is 252 g/mol. The molecule has 0 amide bonds. The second-order valence-electron chi connectivity index (χ2n) is 6.84. The molecule has 1 aliphatic heterocycles. The number of likely N-dealkylation sites (tertiary alicyclic amines) is 1. The van der Waals surface area contributed by atoms with Gasteiger partial charge < -0.3 is 5.32 Å². The molecule has 1 aliphatic carbocycles. The molecule has 0 aromatic heterocycles. The Balaban J connectivity index is 1.79. The van der Waals surface area contributed by atoms with E-state index in [1.807, 2.05) is 0 Å². The van der Waals surface area contributed by atoms with Crippen LogP contribution in [0.5, 0.6) is 0 Å². The minimum Gasteiger partial charge on any atom is -0.312 e. The van der Waals surface area contributed by atoms with Gasteiger partial charge in [-0.05, 0) is 57.9 Å². The summed E-state index contributed by atoms with van der Waals surface area (Å²) in [6, 6.07) is 1.46. The van der Waals surface area contributed by atoms with Crippen molar-refractivity contribution in [3.63, 3.8) is 0 Å². The van der Waals surface area contributed by atoms with E-state index in [0.717, 1.165) is 17.9 Å². The largest absolute Gasteiger partial charge is 0.312 e. The predicted molar refractivity (Wildman–Crippen MR) is 78.9 cm³/mol. The van der Waals surface area contributed by atoms with Crippen LogP contribution in [0.1, 0.15) is 59.3 Å². The molecule has 1 N–H and O–H groups in total. The topological polar surface area (TPSA) is 15.3 Å². The molecule has 1 heterocycles. The lowest BCUT2D eigenvalue weighted by atomic mass is 9.89. The van der Waals surface area contributed by atoms with Crippen molar-refractivity contribution in [1.29, 1.82) is 0 Å². The normalized spacial score (nSPS) is 30.0. The van der Waals surface area contributed by atoms with Crippen molar-refractivity contribution in [3.05, 3.63) is 0 Å². The first kappa shape index (κ1) is 14.3. The lowest BCUT2D eigenvalue weighted by Crippen LogP contribution is -2.51. The Kier molecular flexibility index (Phi) is 5.50. The van der Waals surface area contributed by atoms with Crippen molar-refractivity contribution < 1.29 is 0 Å². The maximum atomic E-state index is 3.83. The van der Waals surface area contributed by atoms with Crippen molar-refractivity contribution in [3.8, 4) is 0 Å². The third-order valence-corrected chi connectivity index (χ3v) is 4.65. The Bertz CT molecular complexity index is 235. The molecule has 2 rings (SSSR count). The van der Waals surface area contributed by atoms with Gasteiger partial charge in [-0.1, -0.05) is 19.8 Å². The van der Waals surface area contributed by atoms with Crippen molar-refractivity contribution >= 4 is 0 Å². The standard InChI is InChI=1S/C16H32N2/c1-4-5-6-15-9-16(17-10-14-7-8-14)12-18(11-15)13(2)3/h13-17H,4-12H2,1-3H3. The summed E-state index contributed by atoms with van der Waals surface area (Å²) in [6.45, 7) is 10.9. The van der Waals surface area contributed by atoms with Gasteiger partial charge in [-0.3, -0.25) is 4.90 Å². The molecule has 0 aromatic rings. The molecule has 2 nitrogen and oxygen atoms in total. The Morgan fingerprint density at radius 1 is 1.17 bits per heavy atom. The van der Waals surface area contributed by atoms with Gasteiger partial charge in [0.1, 0.15) is 0 Å². The molecular formula is C16H32N2. The van der Waals surface area contributed by atoms with Crippen LogP contribution in [0, 0.1) is 11.8 Å². The molecule has 0 aromatic carbocycles. The summed E-state index contributed by atoms with van der Waals surface area (Å²) in [5.41, 5.74) is 0. The Morgan fingerprint density at radius 2 is 1.94 bits per heavy atom. The molecule has 1 saturated heterocycles. The van der Waals surface area contributed by atoms with Crippen molar-refractivity contribution in [2.45, 2.75) is 71.4 Å². The summed E-state index contributed by atoms with van der Waals surface area (Å²) in [7, 11) is 0. The fourth-order valence-corrected chi connectivity index (χ4v) is 3.17. The molecule has 2 fully saturated rings. The number of rotatable bonds is 7. The van der Waals surface area contributed by atoms with E-state index in [4.69, 9.17) is 0 Å². The van der Waals surface area contributed by atoms with Gasteiger partial charge in [0.25, 0.3) is 0 Å². The van der Waals surface area contributed by atoms with Crippen LogP contribution in [-0.2, 0) is 0 Å². The minimum absolute atomic E-state index is 0.708. The Labute approximate surface area is 114 Å². The van der Waals surface area contributed by atoms with Gasteiger partial charge in [0.15, 0.2) is 0 Å².